The van der Waals surface area contributed by atoms with E-state index in [1.165, 1.54) is 11.3 Å². The summed E-state index contributed by atoms with van der Waals surface area (Å²) in [5, 5.41) is 0.787. The molecular weight excluding hydrogens is 274 g/mol. The molecule has 20 heavy (non-hydrogen) atoms. The minimum Gasteiger partial charge on any atom is -0.273 e. The molecule has 0 aliphatic heterocycles. The van der Waals surface area contributed by atoms with Crippen molar-refractivity contribution in [1.29, 1.82) is 0 Å². The zero-order valence-corrected chi connectivity index (χ0v) is 12.1. The van der Waals surface area contributed by atoms with Crippen molar-refractivity contribution in [2.45, 2.75) is 20.3 Å². The van der Waals surface area contributed by atoms with Crippen molar-refractivity contribution in [3.05, 3.63) is 40.9 Å². The summed E-state index contributed by atoms with van der Waals surface area (Å²) in [6, 6.07) is 9.66. The number of amides is 2. The van der Waals surface area contributed by atoms with Crippen LogP contribution in [0.4, 0.5) is 0 Å². The van der Waals surface area contributed by atoms with Crippen molar-refractivity contribution < 1.29 is 9.59 Å². The van der Waals surface area contributed by atoms with Crippen LogP contribution in [0.25, 0.3) is 10.6 Å². The zero-order chi connectivity index (χ0) is 14.5. The maximum atomic E-state index is 12.0. The van der Waals surface area contributed by atoms with Crippen molar-refractivity contribution >= 4 is 23.2 Å². The van der Waals surface area contributed by atoms with Gasteiger partial charge in [-0.05, 0) is 6.92 Å². The fraction of sp³-hybridized carbons (Fsp3) is 0.214. The predicted molar refractivity (Wildman–Crippen MR) is 78.2 cm³/mol. The average Bonchev–Trinajstić information content (AvgIpc) is 2.87. The van der Waals surface area contributed by atoms with Gasteiger partial charge < -0.3 is 0 Å². The summed E-state index contributed by atoms with van der Waals surface area (Å²) in [7, 11) is 0. The molecule has 2 aromatic rings. The van der Waals surface area contributed by atoms with Crippen LogP contribution in [-0.2, 0) is 4.79 Å². The number of carbonyl (C=O) groups is 2. The van der Waals surface area contributed by atoms with Gasteiger partial charge in [0.1, 0.15) is 9.88 Å². The summed E-state index contributed by atoms with van der Waals surface area (Å²) >= 11 is 1.31. The lowest BCUT2D eigenvalue weighted by atomic mass is 10.2. The number of hydrogen-bond donors (Lipinski definition) is 2. The van der Waals surface area contributed by atoms with Crippen molar-refractivity contribution in [3.8, 4) is 10.6 Å². The summed E-state index contributed by atoms with van der Waals surface area (Å²) in [6.45, 7) is 3.49. The quantitative estimate of drug-likeness (QED) is 0.852. The molecule has 0 saturated carbocycles. The lowest BCUT2D eigenvalue weighted by Crippen LogP contribution is -2.41. The van der Waals surface area contributed by atoms with Crippen molar-refractivity contribution in [1.82, 2.24) is 15.8 Å². The topological polar surface area (TPSA) is 71.1 Å². The highest BCUT2D eigenvalue weighted by molar-refractivity contribution is 7.17. The number of aryl methyl sites for hydroxylation is 1. The van der Waals surface area contributed by atoms with Gasteiger partial charge in [-0.2, -0.15) is 0 Å². The molecule has 1 heterocycles. The van der Waals surface area contributed by atoms with Crippen molar-refractivity contribution in [2.75, 3.05) is 0 Å². The molecule has 0 bridgehead atoms. The third kappa shape index (κ3) is 3.21. The number of carbonyl (C=O) groups excluding carboxylic acids is 2. The van der Waals surface area contributed by atoms with Gasteiger partial charge in [0.25, 0.3) is 5.91 Å². The molecule has 0 fully saturated rings. The first-order valence-corrected chi connectivity index (χ1v) is 7.05. The molecule has 1 aromatic carbocycles. The van der Waals surface area contributed by atoms with Crippen LogP contribution in [-0.4, -0.2) is 16.8 Å². The molecule has 5 nitrogen and oxygen atoms in total. The van der Waals surface area contributed by atoms with E-state index in [-0.39, 0.29) is 11.8 Å². The number of rotatable bonds is 3. The third-order valence-electron chi connectivity index (χ3n) is 2.66. The Labute approximate surface area is 121 Å². The van der Waals surface area contributed by atoms with Gasteiger partial charge in [0.05, 0.1) is 5.69 Å². The van der Waals surface area contributed by atoms with Crippen molar-refractivity contribution in [2.24, 2.45) is 0 Å². The smallest absolute Gasteiger partial charge is 0.273 e. The highest BCUT2D eigenvalue weighted by Gasteiger charge is 2.16. The number of hydrazine groups is 1. The van der Waals surface area contributed by atoms with Gasteiger partial charge >= 0.3 is 0 Å². The van der Waals surface area contributed by atoms with Crippen LogP contribution in [0.3, 0.4) is 0 Å². The summed E-state index contributed by atoms with van der Waals surface area (Å²) in [5.41, 5.74) is 6.35. The number of nitrogens with one attached hydrogen (secondary N) is 2. The lowest BCUT2D eigenvalue weighted by Gasteiger charge is -2.04. The Morgan fingerprint density at radius 3 is 2.55 bits per heavy atom. The minimum absolute atomic E-state index is 0.233. The molecule has 104 valence electrons. The molecule has 1 aromatic heterocycles. The molecule has 0 atom stereocenters. The van der Waals surface area contributed by atoms with E-state index in [0.29, 0.717) is 17.0 Å². The number of aromatic nitrogens is 1. The minimum atomic E-state index is -0.344. The van der Waals surface area contributed by atoms with Crippen molar-refractivity contribution in [3.63, 3.8) is 0 Å². The normalized spacial score (nSPS) is 10.1. The maximum absolute atomic E-state index is 12.0. The Balaban J connectivity index is 2.15. The Hall–Kier alpha value is -2.21. The van der Waals surface area contributed by atoms with Crippen LogP contribution in [0.1, 0.15) is 28.7 Å². The Morgan fingerprint density at radius 1 is 1.20 bits per heavy atom. The molecular formula is C14H15N3O2S. The van der Waals surface area contributed by atoms with E-state index in [9.17, 15) is 9.59 Å². The predicted octanol–water partition coefficient (Wildman–Crippen LogP) is 2.29. The lowest BCUT2D eigenvalue weighted by molar-refractivity contribution is -0.121. The first kappa shape index (κ1) is 14.2. The number of hydrogen-bond acceptors (Lipinski definition) is 4. The summed E-state index contributed by atoms with van der Waals surface area (Å²) < 4.78 is 0. The standard InChI is InChI=1S/C14H15N3O2S/c1-3-11(18)16-17-13(19)12-9(2)15-14(20-12)10-7-5-4-6-8-10/h4-8H,3H2,1-2H3,(H,16,18)(H,17,19). The van der Waals surface area contributed by atoms with Crippen LogP contribution in [0, 0.1) is 6.92 Å². The molecule has 0 radical (unpaired) electrons. The summed E-state index contributed by atoms with van der Waals surface area (Å²) in [5.74, 6) is -0.576. The molecule has 6 heteroatoms. The Morgan fingerprint density at radius 2 is 1.90 bits per heavy atom. The van der Waals surface area contributed by atoms with E-state index in [2.05, 4.69) is 15.8 Å². The second kappa shape index (κ2) is 6.29. The van der Waals surface area contributed by atoms with Crippen LogP contribution in [0.15, 0.2) is 30.3 Å². The first-order valence-electron chi connectivity index (χ1n) is 6.24. The second-order valence-corrected chi connectivity index (χ2v) is 5.15. The fourth-order valence-corrected chi connectivity index (χ4v) is 2.55. The van der Waals surface area contributed by atoms with Gasteiger partial charge in [-0.3, -0.25) is 20.4 Å². The molecule has 0 unspecified atom stereocenters. The van der Waals surface area contributed by atoms with E-state index in [1.54, 1.807) is 13.8 Å². The van der Waals surface area contributed by atoms with Gasteiger partial charge in [0.15, 0.2) is 0 Å². The molecule has 0 aliphatic carbocycles. The Bertz CT molecular complexity index is 623. The van der Waals surface area contributed by atoms with E-state index < -0.39 is 0 Å². The molecule has 0 saturated heterocycles. The molecule has 2 N–H and O–H groups in total. The van der Waals surface area contributed by atoms with Crippen LogP contribution < -0.4 is 10.9 Å². The maximum Gasteiger partial charge on any atom is 0.281 e. The number of benzene rings is 1. The Kier molecular flexibility index (Phi) is 4.47. The first-order chi connectivity index (χ1) is 9.61. The second-order valence-electron chi connectivity index (χ2n) is 4.16. The van der Waals surface area contributed by atoms with Crippen LogP contribution in [0.5, 0.6) is 0 Å². The van der Waals surface area contributed by atoms with Gasteiger partial charge in [0.2, 0.25) is 5.91 Å². The van der Waals surface area contributed by atoms with Gasteiger partial charge in [-0.25, -0.2) is 4.98 Å². The van der Waals surface area contributed by atoms with Gasteiger partial charge in [-0.1, -0.05) is 37.3 Å². The van der Waals surface area contributed by atoms with E-state index >= 15 is 0 Å². The number of thiazole rings is 1. The zero-order valence-electron chi connectivity index (χ0n) is 11.3. The van der Waals surface area contributed by atoms with E-state index in [4.69, 9.17) is 0 Å². The average molecular weight is 289 g/mol. The van der Waals surface area contributed by atoms with Crippen LogP contribution >= 0.6 is 11.3 Å². The molecule has 0 aliphatic rings. The SMILES string of the molecule is CCC(=O)NNC(=O)c1sc(-c2ccccc2)nc1C. The number of nitrogens with zero attached hydrogens (tertiary/aromatic N) is 1. The highest BCUT2D eigenvalue weighted by Crippen LogP contribution is 2.27. The molecule has 2 amide bonds. The van der Waals surface area contributed by atoms with Crippen LogP contribution in [0.2, 0.25) is 0 Å². The van der Waals surface area contributed by atoms with E-state index in [1.807, 2.05) is 30.3 Å². The third-order valence-corrected chi connectivity index (χ3v) is 3.87. The highest BCUT2D eigenvalue weighted by atomic mass is 32.1. The van der Waals surface area contributed by atoms with E-state index in [0.717, 1.165) is 10.6 Å². The summed E-state index contributed by atoms with van der Waals surface area (Å²) in [4.78, 5) is 28.0. The van der Waals surface area contributed by atoms with Gasteiger partial charge in [0, 0.05) is 12.0 Å². The fourth-order valence-electron chi connectivity index (χ4n) is 1.58. The monoisotopic (exact) mass is 289 g/mol. The summed E-state index contributed by atoms with van der Waals surface area (Å²) in [6.07, 6.45) is 0.317. The molecule has 2 rings (SSSR count). The molecule has 0 spiro atoms. The largest absolute Gasteiger partial charge is 0.281 e. The van der Waals surface area contributed by atoms with Gasteiger partial charge in [-0.15, -0.1) is 11.3 Å².